The molecule has 1 aromatic carbocycles. The Balaban J connectivity index is 0.00000121. The number of hydrogen-bond acceptors (Lipinski definition) is 3. The SMILES string of the molecule is COc1cc([C@H](C2CCC2)N2CCNCC2)ccc1Cl.Cl.Cl. The molecule has 6 heteroatoms. The van der Waals surface area contributed by atoms with E-state index in [0.29, 0.717) is 11.1 Å². The quantitative estimate of drug-likeness (QED) is 0.872. The molecule has 1 aliphatic heterocycles. The van der Waals surface area contributed by atoms with Crippen LogP contribution in [-0.2, 0) is 0 Å². The van der Waals surface area contributed by atoms with E-state index < -0.39 is 0 Å². The number of nitrogens with zero attached hydrogens (tertiary/aromatic N) is 1. The molecule has 0 radical (unpaired) electrons. The third-order valence-corrected chi connectivity index (χ3v) is 4.97. The zero-order chi connectivity index (χ0) is 13.9. The predicted molar refractivity (Wildman–Crippen MR) is 97.0 cm³/mol. The third kappa shape index (κ3) is 4.21. The maximum absolute atomic E-state index is 6.17. The van der Waals surface area contributed by atoms with Gasteiger partial charge in [0.25, 0.3) is 0 Å². The van der Waals surface area contributed by atoms with E-state index in [1.165, 1.54) is 24.8 Å². The molecule has 0 unspecified atom stereocenters. The fraction of sp³-hybridized carbons (Fsp3) is 0.625. The van der Waals surface area contributed by atoms with E-state index in [-0.39, 0.29) is 24.8 Å². The molecule has 1 aliphatic carbocycles. The lowest BCUT2D eigenvalue weighted by Crippen LogP contribution is -2.47. The summed E-state index contributed by atoms with van der Waals surface area (Å²) < 4.78 is 5.39. The molecule has 1 heterocycles. The molecule has 0 aromatic heterocycles. The van der Waals surface area contributed by atoms with Gasteiger partial charge in [-0.1, -0.05) is 24.1 Å². The second-order valence-electron chi connectivity index (χ2n) is 5.82. The van der Waals surface area contributed by atoms with Crippen LogP contribution < -0.4 is 10.1 Å². The van der Waals surface area contributed by atoms with Crippen molar-refractivity contribution >= 4 is 36.4 Å². The Bertz CT molecular complexity index is 463. The van der Waals surface area contributed by atoms with Crippen molar-refractivity contribution < 1.29 is 4.74 Å². The Kier molecular flexibility index (Phi) is 8.29. The van der Waals surface area contributed by atoms with Gasteiger partial charge in [-0.05, 0) is 36.5 Å². The summed E-state index contributed by atoms with van der Waals surface area (Å²) in [6, 6.07) is 6.81. The highest BCUT2D eigenvalue weighted by Crippen LogP contribution is 2.43. The normalized spacial score (nSPS) is 20.3. The van der Waals surface area contributed by atoms with Crippen LogP contribution in [0.5, 0.6) is 5.75 Å². The van der Waals surface area contributed by atoms with Crippen LogP contribution in [0.15, 0.2) is 18.2 Å². The van der Waals surface area contributed by atoms with Crippen molar-refractivity contribution in [2.45, 2.75) is 25.3 Å². The average molecular weight is 368 g/mol. The molecule has 1 saturated heterocycles. The second kappa shape index (κ2) is 9.19. The number of nitrogens with one attached hydrogen (secondary N) is 1. The van der Waals surface area contributed by atoms with Gasteiger partial charge in [-0.2, -0.15) is 0 Å². The van der Waals surface area contributed by atoms with E-state index in [9.17, 15) is 0 Å². The molecule has 126 valence electrons. The third-order valence-electron chi connectivity index (χ3n) is 4.66. The van der Waals surface area contributed by atoms with Crippen LogP contribution in [0.25, 0.3) is 0 Å². The average Bonchev–Trinajstić information content (AvgIpc) is 2.44. The minimum Gasteiger partial charge on any atom is -0.495 e. The smallest absolute Gasteiger partial charge is 0.137 e. The molecule has 0 amide bonds. The first-order valence-electron chi connectivity index (χ1n) is 7.58. The lowest BCUT2D eigenvalue weighted by molar-refractivity contribution is 0.0836. The van der Waals surface area contributed by atoms with Gasteiger partial charge in [0, 0.05) is 32.2 Å². The predicted octanol–water partition coefficient (Wildman–Crippen LogP) is 3.94. The minimum absolute atomic E-state index is 0. The Morgan fingerprint density at radius 3 is 2.45 bits per heavy atom. The lowest BCUT2D eigenvalue weighted by Gasteiger charge is -2.43. The van der Waals surface area contributed by atoms with Gasteiger partial charge in [0.1, 0.15) is 5.75 Å². The summed E-state index contributed by atoms with van der Waals surface area (Å²) in [6.07, 6.45) is 4.07. The van der Waals surface area contributed by atoms with Gasteiger partial charge < -0.3 is 10.1 Å². The van der Waals surface area contributed by atoms with Crippen molar-refractivity contribution in [1.82, 2.24) is 10.2 Å². The molecular weight excluding hydrogens is 343 g/mol. The number of halogens is 3. The van der Waals surface area contributed by atoms with Crippen LogP contribution in [0.2, 0.25) is 5.02 Å². The maximum Gasteiger partial charge on any atom is 0.137 e. The number of hydrogen-bond donors (Lipinski definition) is 1. The van der Waals surface area contributed by atoms with Crippen molar-refractivity contribution in [3.8, 4) is 5.75 Å². The van der Waals surface area contributed by atoms with Crippen LogP contribution in [0.4, 0.5) is 0 Å². The molecule has 1 N–H and O–H groups in total. The number of benzene rings is 1. The monoisotopic (exact) mass is 366 g/mol. The maximum atomic E-state index is 6.17. The molecule has 1 aromatic rings. The van der Waals surface area contributed by atoms with Gasteiger partial charge in [0.05, 0.1) is 12.1 Å². The summed E-state index contributed by atoms with van der Waals surface area (Å²) in [5.74, 6) is 1.59. The van der Waals surface area contributed by atoms with Crippen LogP contribution in [0, 0.1) is 5.92 Å². The summed E-state index contributed by atoms with van der Waals surface area (Å²) in [5, 5.41) is 4.14. The van der Waals surface area contributed by atoms with Crippen LogP contribution in [0.3, 0.4) is 0 Å². The molecule has 1 saturated carbocycles. The summed E-state index contributed by atoms with van der Waals surface area (Å²) in [7, 11) is 1.69. The fourth-order valence-corrected chi connectivity index (χ4v) is 3.55. The van der Waals surface area contributed by atoms with Gasteiger partial charge in [0.2, 0.25) is 0 Å². The van der Waals surface area contributed by atoms with Crippen molar-refractivity contribution in [3.63, 3.8) is 0 Å². The second-order valence-corrected chi connectivity index (χ2v) is 6.22. The number of methoxy groups -OCH3 is 1. The first-order chi connectivity index (χ1) is 9.79. The van der Waals surface area contributed by atoms with Gasteiger partial charge in [-0.25, -0.2) is 0 Å². The van der Waals surface area contributed by atoms with Gasteiger partial charge in [-0.3, -0.25) is 4.90 Å². The molecular formula is C16H25Cl3N2O. The van der Waals surface area contributed by atoms with Crippen molar-refractivity contribution in [1.29, 1.82) is 0 Å². The van der Waals surface area contributed by atoms with E-state index in [1.807, 2.05) is 6.07 Å². The van der Waals surface area contributed by atoms with E-state index in [1.54, 1.807) is 7.11 Å². The molecule has 2 fully saturated rings. The largest absolute Gasteiger partial charge is 0.495 e. The molecule has 22 heavy (non-hydrogen) atoms. The van der Waals surface area contributed by atoms with Crippen molar-refractivity contribution in [2.24, 2.45) is 5.92 Å². The van der Waals surface area contributed by atoms with Gasteiger partial charge in [-0.15, -0.1) is 24.8 Å². The molecule has 2 aliphatic rings. The van der Waals surface area contributed by atoms with E-state index in [2.05, 4.69) is 22.3 Å². The summed E-state index contributed by atoms with van der Waals surface area (Å²) >= 11 is 6.17. The molecule has 3 rings (SSSR count). The highest BCUT2D eigenvalue weighted by atomic mass is 35.5. The summed E-state index contributed by atoms with van der Waals surface area (Å²) in [5.41, 5.74) is 1.36. The fourth-order valence-electron chi connectivity index (χ4n) is 3.36. The van der Waals surface area contributed by atoms with Crippen LogP contribution >= 0.6 is 36.4 Å². The van der Waals surface area contributed by atoms with Crippen LogP contribution in [0.1, 0.15) is 30.9 Å². The standard InChI is InChI=1S/C16H23ClN2O.2ClH/c1-20-15-11-13(5-6-14(15)17)16(12-3-2-4-12)19-9-7-18-8-10-19;;/h5-6,11-12,16,18H,2-4,7-10H2,1H3;2*1H/t16-;;/m0../s1. The highest BCUT2D eigenvalue weighted by Gasteiger charge is 2.33. The Morgan fingerprint density at radius 1 is 1.23 bits per heavy atom. The summed E-state index contributed by atoms with van der Waals surface area (Å²) in [4.78, 5) is 2.63. The van der Waals surface area contributed by atoms with E-state index >= 15 is 0 Å². The highest BCUT2D eigenvalue weighted by molar-refractivity contribution is 6.32. The Morgan fingerprint density at radius 2 is 1.91 bits per heavy atom. The lowest BCUT2D eigenvalue weighted by atomic mass is 9.76. The Hall–Kier alpha value is -0.190. The van der Waals surface area contributed by atoms with Crippen LogP contribution in [-0.4, -0.2) is 38.2 Å². The van der Waals surface area contributed by atoms with E-state index in [0.717, 1.165) is 37.8 Å². The van der Waals surface area contributed by atoms with Crippen molar-refractivity contribution in [2.75, 3.05) is 33.3 Å². The van der Waals surface area contributed by atoms with Gasteiger partial charge in [0.15, 0.2) is 0 Å². The molecule has 0 spiro atoms. The topological polar surface area (TPSA) is 24.5 Å². The van der Waals surface area contributed by atoms with Crippen molar-refractivity contribution in [3.05, 3.63) is 28.8 Å². The minimum atomic E-state index is 0. The number of ether oxygens (including phenoxy) is 1. The zero-order valence-electron chi connectivity index (χ0n) is 12.9. The van der Waals surface area contributed by atoms with E-state index in [4.69, 9.17) is 16.3 Å². The summed E-state index contributed by atoms with van der Waals surface area (Å²) in [6.45, 7) is 4.44. The first-order valence-corrected chi connectivity index (χ1v) is 7.95. The first kappa shape index (κ1) is 19.9. The Labute approximate surface area is 150 Å². The van der Waals surface area contributed by atoms with Gasteiger partial charge >= 0.3 is 0 Å². The number of rotatable bonds is 4. The molecule has 3 nitrogen and oxygen atoms in total. The number of piperazine rings is 1. The molecule has 1 atom stereocenters. The molecule has 0 bridgehead atoms. The zero-order valence-corrected chi connectivity index (χ0v) is 15.3.